The molecule has 0 aromatic carbocycles. The number of thiocarbonyl (C=S) groups is 1. The van der Waals surface area contributed by atoms with Gasteiger partial charge in [0.15, 0.2) is 4.32 Å². The summed E-state index contributed by atoms with van der Waals surface area (Å²) in [6, 6.07) is 5.65. The van der Waals surface area contributed by atoms with Crippen LogP contribution >= 0.6 is 24.0 Å². The highest BCUT2D eigenvalue weighted by Gasteiger charge is 1.90. The first-order valence-electron chi connectivity index (χ1n) is 4.19. The third-order valence-corrected chi connectivity index (χ3v) is 2.40. The monoisotopic (exact) mass is 225 g/mol. The van der Waals surface area contributed by atoms with Crippen LogP contribution in [0.2, 0.25) is 0 Å². The van der Waals surface area contributed by atoms with Crippen LogP contribution in [0, 0.1) is 0 Å². The molecule has 0 saturated heterocycles. The van der Waals surface area contributed by atoms with Crippen molar-refractivity contribution in [3.63, 3.8) is 0 Å². The number of hydrazone groups is 1. The molecule has 3 nitrogen and oxygen atoms in total. The molecule has 0 radical (unpaired) electrons. The highest BCUT2D eigenvalue weighted by atomic mass is 32.2. The number of hydrogen-bond acceptors (Lipinski definition) is 4. The number of pyridine rings is 1. The largest absolute Gasteiger partial charge is 0.262 e. The van der Waals surface area contributed by atoms with Gasteiger partial charge >= 0.3 is 0 Å². The molecule has 0 spiro atoms. The number of nitrogens with zero attached hydrogens (tertiary/aromatic N) is 2. The van der Waals surface area contributed by atoms with Crippen LogP contribution in [0.4, 0.5) is 0 Å². The van der Waals surface area contributed by atoms with E-state index in [1.54, 1.807) is 24.2 Å². The zero-order valence-electron chi connectivity index (χ0n) is 7.80. The Morgan fingerprint density at radius 2 is 2.57 bits per heavy atom. The Bertz CT molecular complexity index is 311. The lowest BCUT2D eigenvalue weighted by molar-refractivity contribution is 1.07. The molecule has 0 unspecified atom stereocenters. The SMILES string of the molecule is CCSC(=S)N/N=C\c1ccccn1. The van der Waals surface area contributed by atoms with Crippen LogP contribution < -0.4 is 5.43 Å². The first-order chi connectivity index (χ1) is 6.83. The maximum absolute atomic E-state index is 4.99. The fourth-order valence-electron chi connectivity index (χ4n) is 0.767. The summed E-state index contributed by atoms with van der Waals surface area (Å²) in [7, 11) is 0. The highest BCUT2D eigenvalue weighted by Crippen LogP contribution is 1.99. The molecule has 0 atom stereocenters. The Morgan fingerprint density at radius 1 is 1.71 bits per heavy atom. The zero-order chi connectivity index (χ0) is 10.2. The average molecular weight is 225 g/mol. The molecule has 74 valence electrons. The molecule has 0 amide bonds. The van der Waals surface area contributed by atoms with Crippen LogP contribution in [0.25, 0.3) is 0 Å². The fourth-order valence-corrected chi connectivity index (χ4v) is 1.55. The van der Waals surface area contributed by atoms with Crippen LogP contribution in [-0.2, 0) is 0 Å². The Kier molecular flexibility index (Phi) is 5.17. The quantitative estimate of drug-likeness (QED) is 0.485. The topological polar surface area (TPSA) is 37.3 Å². The third kappa shape index (κ3) is 4.34. The third-order valence-electron chi connectivity index (χ3n) is 1.32. The predicted octanol–water partition coefficient (Wildman–Crippen LogP) is 2.04. The van der Waals surface area contributed by atoms with Gasteiger partial charge in [0.2, 0.25) is 0 Å². The van der Waals surface area contributed by atoms with E-state index in [-0.39, 0.29) is 0 Å². The van der Waals surface area contributed by atoms with E-state index in [2.05, 4.69) is 15.5 Å². The summed E-state index contributed by atoms with van der Waals surface area (Å²) in [4.78, 5) is 4.08. The van der Waals surface area contributed by atoms with Crippen molar-refractivity contribution >= 4 is 34.5 Å². The summed E-state index contributed by atoms with van der Waals surface area (Å²) in [5.74, 6) is 0.949. The molecule has 1 rings (SSSR count). The van der Waals surface area contributed by atoms with Crippen molar-refractivity contribution in [2.75, 3.05) is 5.75 Å². The molecule has 1 N–H and O–H groups in total. The second-order valence-corrected chi connectivity index (χ2v) is 4.29. The van der Waals surface area contributed by atoms with Crippen molar-refractivity contribution in [2.45, 2.75) is 6.92 Å². The molecule has 1 heterocycles. The van der Waals surface area contributed by atoms with Crippen molar-refractivity contribution in [1.29, 1.82) is 0 Å². The van der Waals surface area contributed by atoms with Gasteiger partial charge in [-0.05, 0) is 17.9 Å². The number of aromatic nitrogens is 1. The summed E-state index contributed by atoms with van der Waals surface area (Å²) in [5, 5.41) is 3.96. The van der Waals surface area contributed by atoms with Crippen molar-refractivity contribution in [2.24, 2.45) is 5.10 Å². The molecule has 0 fully saturated rings. The van der Waals surface area contributed by atoms with Gasteiger partial charge in [-0.2, -0.15) is 5.10 Å². The van der Waals surface area contributed by atoms with E-state index in [9.17, 15) is 0 Å². The van der Waals surface area contributed by atoms with E-state index in [4.69, 9.17) is 12.2 Å². The summed E-state index contributed by atoms with van der Waals surface area (Å²) in [5.41, 5.74) is 3.57. The van der Waals surface area contributed by atoms with Gasteiger partial charge in [0.1, 0.15) is 0 Å². The average Bonchev–Trinajstić information content (AvgIpc) is 2.20. The van der Waals surface area contributed by atoms with Gasteiger partial charge in [-0.3, -0.25) is 10.4 Å². The standard InChI is InChI=1S/C9H11N3S2/c1-2-14-9(13)12-11-7-8-5-3-4-6-10-8/h3-7H,2H2,1H3,(H,12,13)/b11-7-. The molecule has 1 aromatic heterocycles. The Labute approximate surface area is 93.0 Å². The minimum absolute atomic E-state index is 0.680. The molecule has 0 aliphatic rings. The smallest absolute Gasteiger partial charge is 0.154 e. The van der Waals surface area contributed by atoms with Gasteiger partial charge in [-0.15, -0.1) is 0 Å². The van der Waals surface area contributed by atoms with Crippen LogP contribution in [-0.4, -0.2) is 21.3 Å². The first kappa shape index (κ1) is 11.1. The summed E-state index contributed by atoms with van der Waals surface area (Å²) < 4.78 is 0.680. The molecule has 0 aliphatic heterocycles. The Morgan fingerprint density at radius 3 is 3.21 bits per heavy atom. The summed E-state index contributed by atoms with van der Waals surface area (Å²) in [6.45, 7) is 2.04. The Balaban J connectivity index is 2.38. The lowest BCUT2D eigenvalue weighted by Gasteiger charge is -1.98. The van der Waals surface area contributed by atoms with Crippen LogP contribution in [0.15, 0.2) is 29.5 Å². The first-order valence-corrected chi connectivity index (χ1v) is 5.59. The van der Waals surface area contributed by atoms with Crippen molar-refractivity contribution in [1.82, 2.24) is 10.4 Å². The normalized spacial score (nSPS) is 10.4. The van der Waals surface area contributed by atoms with Crippen LogP contribution in [0.3, 0.4) is 0 Å². The molecule has 0 aliphatic carbocycles. The van der Waals surface area contributed by atoms with E-state index in [1.807, 2.05) is 25.1 Å². The molecule has 14 heavy (non-hydrogen) atoms. The molecule has 5 heteroatoms. The van der Waals surface area contributed by atoms with Gasteiger partial charge in [0, 0.05) is 6.20 Å². The second kappa shape index (κ2) is 6.50. The van der Waals surface area contributed by atoms with Gasteiger partial charge in [0.05, 0.1) is 11.9 Å². The lowest BCUT2D eigenvalue weighted by Crippen LogP contribution is -2.11. The summed E-state index contributed by atoms with van der Waals surface area (Å²) in [6.07, 6.45) is 3.36. The van der Waals surface area contributed by atoms with Gasteiger partial charge in [-0.25, -0.2) is 0 Å². The van der Waals surface area contributed by atoms with E-state index >= 15 is 0 Å². The number of nitrogens with one attached hydrogen (secondary N) is 1. The highest BCUT2D eigenvalue weighted by molar-refractivity contribution is 8.22. The Hall–Kier alpha value is -0.940. The van der Waals surface area contributed by atoms with E-state index < -0.39 is 0 Å². The van der Waals surface area contributed by atoms with Gasteiger partial charge in [-0.1, -0.05) is 37.0 Å². The molecular formula is C9H11N3S2. The van der Waals surface area contributed by atoms with Crippen LogP contribution in [0.5, 0.6) is 0 Å². The summed E-state index contributed by atoms with van der Waals surface area (Å²) >= 11 is 6.54. The predicted molar refractivity (Wildman–Crippen MR) is 65.7 cm³/mol. The molecule has 0 bridgehead atoms. The van der Waals surface area contributed by atoms with Crippen molar-refractivity contribution in [3.8, 4) is 0 Å². The van der Waals surface area contributed by atoms with Gasteiger partial charge < -0.3 is 0 Å². The minimum Gasteiger partial charge on any atom is -0.262 e. The number of thioether (sulfide) groups is 1. The van der Waals surface area contributed by atoms with E-state index in [0.717, 1.165) is 11.4 Å². The number of rotatable bonds is 3. The molecule has 0 saturated carbocycles. The minimum atomic E-state index is 0.680. The lowest BCUT2D eigenvalue weighted by atomic mass is 10.4. The van der Waals surface area contributed by atoms with E-state index in [0.29, 0.717) is 4.32 Å². The zero-order valence-corrected chi connectivity index (χ0v) is 9.44. The maximum atomic E-state index is 4.99. The van der Waals surface area contributed by atoms with Crippen molar-refractivity contribution < 1.29 is 0 Å². The van der Waals surface area contributed by atoms with Crippen molar-refractivity contribution in [3.05, 3.63) is 30.1 Å². The van der Waals surface area contributed by atoms with Crippen LogP contribution in [0.1, 0.15) is 12.6 Å². The van der Waals surface area contributed by atoms with E-state index in [1.165, 1.54) is 0 Å². The molecular weight excluding hydrogens is 214 g/mol. The number of hydrogen-bond donors (Lipinski definition) is 1. The molecule has 1 aromatic rings. The maximum Gasteiger partial charge on any atom is 0.154 e. The fraction of sp³-hybridized carbons (Fsp3) is 0.222. The van der Waals surface area contributed by atoms with Gasteiger partial charge in [0.25, 0.3) is 0 Å². The second-order valence-electron chi connectivity index (χ2n) is 2.35.